The van der Waals surface area contributed by atoms with E-state index in [-0.39, 0.29) is 24.6 Å². The first-order valence-corrected chi connectivity index (χ1v) is 15.0. The molecule has 0 saturated carbocycles. The number of rotatable bonds is 12. The minimum absolute atomic E-state index is 0.0231. The number of esters is 1. The van der Waals surface area contributed by atoms with E-state index in [2.05, 4.69) is 4.98 Å². The summed E-state index contributed by atoms with van der Waals surface area (Å²) in [6.07, 6.45) is -3.10. The topological polar surface area (TPSA) is 172 Å². The molecule has 0 amide bonds. The number of H-pyrrole nitrogens is 1. The molecular weight excluding hydrogens is 543 g/mol. The first-order valence-electron chi connectivity index (χ1n) is 11.9. The van der Waals surface area contributed by atoms with Gasteiger partial charge in [-0.3, -0.25) is 28.5 Å². The lowest BCUT2D eigenvalue weighted by atomic mass is 9.89. The zero-order valence-corrected chi connectivity index (χ0v) is 24.3. The summed E-state index contributed by atoms with van der Waals surface area (Å²) in [6.45, 7) is 5.32. The molecule has 2 N–H and O–H groups in total. The number of ether oxygens (including phenoxy) is 3. The van der Waals surface area contributed by atoms with Crippen LogP contribution in [-0.2, 0) is 37.4 Å². The molecule has 15 heteroatoms. The summed E-state index contributed by atoms with van der Waals surface area (Å²) in [5.41, 5.74) is -2.79. The van der Waals surface area contributed by atoms with Crippen LogP contribution < -0.4 is 11.2 Å². The van der Waals surface area contributed by atoms with Crippen LogP contribution in [0.15, 0.2) is 21.9 Å². The molecule has 1 aliphatic heterocycles. The van der Waals surface area contributed by atoms with E-state index >= 15 is 0 Å². The maximum atomic E-state index is 13.5. The van der Waals surface area contributed by atoms with Crippen LogP contribution in [0.5, 0.6) is 0 Å². The number of methoxy groups -OCH3 is 1. The Labute approximate surface area is 224 Å². The van der Waals surface area contributed by atoms with E-state index in [0.717, 1.165) is 10.6 Å². The maximum Gasteiger partial charge on any atom is 0.392 e. The Balaban J connectivity index is 2.13. The summed E-state index contributed by atoms with van der Waals surface area (Å²) in [5, 5.41) is 10.8. The number of aromatic nitrogens is 2. The SMILES string of the molecule is COC1[C@@H](O)[C@@H](CSP(=O)(OCCC(=O)C(C)(C)C)OCOC(=O)C(C)(C)C)O[C@H]1n1ccc(=O)[nH]c1=O. The van der Waals surface area contributed by atoms with Crippen molar-refractivity contribution in [3.63, 3.8) is 0 Å². The van der Waals surface area contributed by atoms with Crippen molar-refractivity contribution in [2.75, 3.05) is 26.3 Å². The fourth-order valence-corrected chi connectivity index (χ4v) is 6.34. The molecule has 13 nitrogen and oxygen atoms in total. The van der Waals surface area contributed by atoms with Gasteiger partial charge in [0.25, 0.3) is 5.56 Å². The van der Waals surface area contributed by atoms with Crippen molar-refractivity contribution in [1.82, 2.24) is 9.55 Å². The number of nitrogens with zero attached hydrogens (tertiary/aromatic N) is 1. The molecule has 1 aromatic rings. The summed E-state index contributed by atoms with van der Waals surface area (Å²) >= 11 is 0.682. The lowest BCUT2D eigenvalue weighted by molar-refractivity contribution is -0.159. The van der Waals surface area contributed by atoms with Crippen LogP contribution in [0.4, 0.5) is 0 Å². The molecule has 0 aromatic carbocycles. The lowest BCUT2D eigenvalue weighted by Crippen LogP contribution is -2.38. The molecule has 216 valence electrons. The Morgan fingerprint density at radius 1 is 1.16 bits per heavy atom. The van der Waals surface area contributed by atoms with E-state index < -0.39 is 66.2 Å². The van der Waals surface area contributed by atoms with Gasteiger partial charge in [-0.1, -0.05) is 20.8 Å². The van der Waals surface area contributed by atoms with Crippen molar-refractivity contribution >= 4 is 29.9 Å². The predicted molar refractivity (Wildman–Crippen MR) is 139 cm³/mol. The number of ketones is 1. The van der Waals surface area contributed by atoms with Gasteiger partial charge < -0.3 is 23.8 Å². The number of hydrogen-bond acceptors (Lipinski definition) is 12. The summed E-state index contributed by atoms with van der Waals surface area (Å²) in [7, 11) is 1.32. The Kier molecular flexibility index (Phi) is 11.1. The highest BCUT2D eigenvalue weighted by Gasteiger charge is 2.46. The standard InChI is InChI=1S/C23H37N2O11PS/c1-22(2,3)15(26)9-11-34-37(31,35-13-33-20(29)23(4,5)6)38-12-14-17(28)18(32-7)19(36-14)25-10-8-16(27)24-21(25)30/h8,10,14,17-19,28H,9,11-13H2,1-7H3,(H,24,27,30)/t14-,17+,18?,19-,37?/m1/s1. The largest absolute Gasteiger partial charge is 0.438 e. The van der Waals surface area contributed by atoms with Crippen molar-refractivity contribution in [3.05, 3.63) is 33.1 Å². The second-order valence-corrected chi connectivity index (χ2v) is 14.8. The Hall–Kier alpha value is -1.80. The van der Waals surface area contributed by atoms with Crippen LogP contribution in [-0.4, -0.2) is 71.0 Å². The fraction of sp³-hybridized carbons (Fsp3) is 0.739. The number of carbonyl (C=O) groups excluding carboxylic acids is 2. The van der Waals surface area contributed by atoms with Crippen molar-refractivity contribution in [2.24, 2.45) is 10.8 Å². The average molecular weight is 581 g/mol. The van der Waals surface area contributed by atoms with E-state index in [1.165, 1.54) is 13.3 Å². The van der Waals surface area contributed by atoms with Gasteiger partial charge in [0.1, 0.15) is 18.0 Å². The summed E-state index contributed by atoms with van der Waals surface area (Å²) < 4.78 is 41.6. The number of carbonyl (C=O) groups is 2. The molecule has 1 aromatic heterocycles. The highest BCUT2D eigenvalue weighted by Crippen LogP contribution is 2.61. The fourth-order valence-electron chi connectivity index (χ4n) is 3.23. The van der Waals surface area contributed by atoms with Crippen LogP contribution in [0.3, 0.4) is 0 Å². The molecule has 0 aliphatic carbocycles. The highest BCUT2D eigenvalue weighted by molar-refractivity contribution is 8.55. The van der Waals surface area contributed by atoms with Crippen LogP contribution in [0, 0.1) is 10.8 Å². The van der Waals surface area contributed by atoms with Gasteiger partial charge in [0.2, 0.25) is 6.79 Å². The van der Waals surface area contributed by atoms with E-state index in [1.807, 2.05) is 0 Å². The molecule has 2 unspecified atom stereocenters. The van der Waals surface area contributed by atoms with Gasteiger partial charge in [-0.25, -0.2) is 9.36 Å². The van der Waals surface area contributed by atoms with Gasteiger partial charge in [-0.05, 0) is 32.2 Å². The molecule has 1 fully saturated rings. The second kappa shape index (κ2) is 13.0. The average Bonchev–Trinajstić information content (AvgIpc) is 3.11. The molecule has 0 radical (unpaired) electrons. The maximum absolute atomic E-state index is 13.5. The third-order valence-corrected chi connectivity index (χ3v) is 9.28. The number of Topliss-reactive ketones (excluding diaryl/α,β-unsaturated/α-hetero) is 1. The van der Waals surface area contributed by atoms with Gasteiger partial charge in [0.05, 0.1) is 18.1 Å². The molecule has 1 aliphatic rings. The smallest absolute Gasteiger partial charge is 0.392 e. The highest BCUT2D eigenvalue weighted by atomic mass is 32.7. The molecule has 2 rings (SSSR count). The molecule has 5 atom stereocenters. The van der Waals surface area contributed by atoms with Gasteiger partial charge in [-0.15, -0.1) is 0 Å². The molecule has 0 spiro atoms. The summed E-state index contributed by atoms with van der Waals surface area (Å²) in [5.74, 6) is -0.823. The van der Waals surface area contributed by atoms with Crippen LogP contribution in [0.1, 0.15) is 54.2 Å². The molecule has 38 heavy (non-hydrogen) atoms. The van der Waals surface area contributed by atoms with Gasteiger partial charge >= 0.3 is 18.5 Å². The predicted octanol–water partition coefficient (Wildman–Crippen LogP) is 2.24. The third kappa shape index (κ3) is 8.87. The van der Waals surface area contributed by atoms with Crippen molar-refractivity contribution < 1.29 is 42.5 Å². The van der Waals surface area contributed by atoms with Crippen molar-refractivity contribution in [1.29, 1.82) is 0 Å². The van der Waals surface area contributed by atoms with E-state index in [4.69, 9.17) is 23.3 Å². The molecule has 0 bridgehead atoms. The summed E-state index contributed by atoms with van der Waals surface area (Å²) in [4.78, 5) is 50.1. The van der Waals surface area contributed by atoms with Gasteiger partial charge in [0, 0.05) is 37.0 Å². The zero-order chi connectivity index (χ0) is 28.9. The monoisotopic (exact) mass is 580 g/mol. The van der Waals surface area contributed by atoms with Crippen molar-refractivity contribution in [2.45, 2.75) is 72.5 Å². The number of nitrogens with one attached hydrogen (secondary N) is 1. The molecule has 1 saturated heterocycles. The Bertz CT molecular complexity index is 1100. The molecular formula is C23H37N2O11PS. The van der Waals surface area contributed by atoms with Gasteiger partial charge in [0.15, 0.2) is 6.23 Å². The quantitative estimate of drug-likeness (QED) is 0.210. The minimum Gasteiger partial charge on any atom is -0.438 e. The van der Waals surface area contributed by atoms with E-state index in [9.17, 15) is 28.8 Å². The summed E-state index contributed by atoms with van der Waals surface area (Å²) in [6, 6.07) is 1.12. The van der Waals surface area contributed by atoms with E-state index in [1.54, 1.807) is 41.5 Å². The Morgan fingerprint density at radius 2 is 1.82 bits per heavy atom. The van der Waals surface area contributed by atoms with Crippen LogP contribution in [0.2, 0.25) is 0 Å². The van der Waals surface area contributed by atoms with Gasteiger partial charge in [-0.2, -0.15) is 0 Å². The zero-order valence-electron chi connectivity index (χ0n) is 22.6. The lowest BCUT2D eigenvalue weighted by Gasteiger charge is -2.22. The van der Waals surface area contributed by atoms with Crippen molar-refractivity contribution in [3.8, 4) is 0 Å². The minimum atomic E-state index is -4.01. The van der Waals surface area contributed by atoms with E-state index in [0.29, 0.717) is 11.4 Å². The normalized spacial score (nSPS) is 23.7. The Morgan fingerprint density at radius 3 is 2.37 bits per heavy atom. The first-order chi connectivity index (χ1) is 17.5. The number of hydrogen-bond donors (Lipinski definition) is 2. The van der Waals surface area contributed by atoms with Crippen LogP contribution >= 0.6 is 18.2 Å². The number of aliphatic hydroxyl groups excluding tert-OH is 1. The van der Waals surface area contributed by atoms with Crippen LogP contribution in [0.25, 0.3) is 0 Å². The number of aromatic amines is 1. The number of aliphatic hydroxyl groups is 1. The third-order valence-electron chi connectivity index (χ3n) is 5.54. The first kappa shape index (κ1) is 32.4. The molecule has 2 heterocycles. The second-order valence-electron chi connectivity index (χ2n) is 10.7.